The topological polar surface area (TPSA) is 34.1 Å². The lowest BCUT2D eigenvalue weighted by Crippen LogP contribution is -2.55. The number of hydrogen-bond donors (Lipinski definition) is 0. The normalized spacial score (nSPS) is 22.5. The molecule has 3 aromatic carbocycles. The Morgan fingerprint density at radius 2 is 1.26 bits per heavy atom. The number of carbonyl (C=O) groups is 2. The molecule has 0 aliphatic heterocycles. The highest BCUT2D eigenvalue weighted by Gasteiger charge is 2.60. The van der Waals surface area contributed by atoms with Crippen molar-refractivity contribution in [2.45, 2.75) is 38.0 Å². The minimum Gasteiger partial charge on any atom is -0.290 e. The molecule has 0 aromatic heterocycles. The molecule has 2 nitrogen and oxygen atoms in total. The highest BCUT2D eigenvalue weighted by atomic mass is 16.2. The van der Waals surface area contributed by atoms with E-state index < -0.39 is 11.3 Å². The fraction of sp³-hybridized carbons (Fsp3) is 0.241. The molecule has 154 valence electrons. The highest BCUT2D eigenvalue weighted by molar-refractivity contribution is 6.46. The van der Waals surface area contributed by atoms with Gasteiger partial charge in [0.25, 0.3) is 0 Å². The van der Waals surface area contributed by atoms with Crippen molar-refractivity contribution in [3.8, 4) is 0 Å². The van der Waals surface area contributed by atoms with Crippen LogP contribution < -0.4 is 0 Å². The van der Waals surface area contributed by atoms with Crippen molar-refractivity contribution >= 4 is 11.6 Å². The summed E-state index contributed by atoms with van der Waals surface area (Å²) in [5, 5.41) is 0. The van der Waals surface area contributed by atoms with Crippen LogP contribution in [0.15, 0.2) is 96.6 Å². The van der Waals surface area contributed by atoms with Crippen LogP contribution in [0.5, 0.6) is 0 Å². The van der Waals surface area contributed by atoms with Gasteiger partial charge in [-0.25, -0.2) is 0 Å². The zero-order valence-corrected chi connectivity index (χ0v) is 18.1. The van der Waals surface area contributed by atoms with Crippen molar-refractivity contribution < 1.29 is 9.59 Å². The maximum Gasteiger partial charge on any atom is 0.214 e. The Labute approximate surface area is 183 Å². The third kappa shape index (κ3) is 2.78. The molecule has 0 spiro atoms. The number of hydrogen-bond acceptors (Lipinski definition) is 2. The van der Waals surface area contributed by atoms with E-state index in [-0.39, 0.29) is 22.9 Å². The van der Waals surface area contributed by atoms with Gasteiger partial charge in [0.1, 0.15) is 0 Å². The Hall–Kier alpha value is -3.26. The first kappa shape index (κ1) is 19.7. The predicted octanol–water partition coefficient (Wildman–Crippen LogP) is 5.98. The molecule has 3 aliphatic rings. The molecular weight excluding hydrogens is 380 g/mol. The second kappa shape index (κ2) is 6.88. The molecule has 3 aliphatic carbocycles. The van der Waals surface area contributed by atoms with Crippen molar-refractivity contribution in [1.29, 1.82) is 0 Å². The van der Waals surface area contributed by atoms with Gasteiger partial charge >= 0.3 is 0 Å². The molecule has 31 heavy (non-hydrogen) atoms. The van der Waals surface area contributed by atoms with Gasteiger partial charge in [-0.2, -0.15) is 0 Å². The molecule has 0 radical (unpaired) electrons. The van der Waals surface area contributed by atoms with Gasteiger partial charge in [-0.3, -0.25) is 9.59 Å². The summed E-state index contributed by atoms with van der Waals surface area (Å²) in [6.45, 7) is 6.40. The Balaban J connectivity index is 1.91. The van der Waals surface area contributed by atoms with Crippen LogP contribution in [0.4, 0.5) is 0 Å². The third-order valence-electron chi connectivity index (χ3n) is 6.86. The molecule has 0 amide bonds. The molecule has 0 saturated carbocycles. The second-order valence-corrected chi connectivity index (χ2v) is 9.69. The Morgan fingerprint density at radius 3 is 1.81 bits per heavy atom. The van der Waals surface area contributed by atoms with Crippen LogP contribution in [0.1, 0.15) is 54.9 Å². The molecule has 0 saturated heterocycles. The van der Waals surface area contributed by atoms with Crippen LogP contribution in [0, 0.1) is 5.41 Å². The summed E-state index contributed by atoms with van der Waals surface area (Å²) >= 11 is 0. The lowest BCUT2D eigenvalue weighted by atomic mass is 9.49. The van der Waals surface area contributed by atoms with E-state index in [1.165, 1.54) is 0 Å². The fourth-order valence-corrected chi connectivity index (χ4v) is 5.53. The summed E-state index contributed by atoms with van der Waals surface area (Å²) in [5.41, 5.74) is 3.80. The standard InChI is InChI=1S/C29H26O2/c1-28(2,3)23-18-29(22-17-11-10-16-21(22)24(23)26(30)27(29)31)25(19-12-6-4-7-13-19)20-14-8-5-9-15-20/h4-18,24-25H,1-3H3/t24-,29-/m0/s1. The van der Waals surface area contributed by atoms with E-state index in [0.717, 1.165) is 27.8 Å². The van der Waals surface area contributed by atoms with Gasteiger partial charge in [0.05, 0.1) is 11.3 Å². The molecule has 6 rings (SSSR count). The van der Waals surface area contributed by atoms with Gasteiger partial charge in [0.15, 0.2) is 0 Å². The molecule has 2 bridgehead atoms. The second-order valence-electron chi connectivity index (χ2n) is 9.69. The molecule has 2 heteroatoms. The van der Waals surface area contributed by atoms with Crippen LogP contribution in [-0.4, -0.2) is 11.6 Å². The van der Waals surface area contributed by atoms with Crippen LogP contribution in [0.25, 0.3) is 0 Å². The Morgan fingerprint density at radius 1 is 0.742 bits per heavy atom. The summed E-state index contributed by atoms with van der Waals surface area (Å²) in [4.78, 5) is 27.5. The van der Waals surface area contributed by atoms with Gasteiger partial charge < -0.3 is 0 Å². The van der Waals surface area contributed by atoms with Crippen molar-refractivity contribution in [2.24, 2.45) is 5.41 Å². The van der Waals surface area contributed by atoms with Gasteiger partial charge in [-0.15, -0.1) is 0 Å². The van der Waals surface area contributed by atoms with Crippen LogP contribution in [0.3, 0.4) is 0 Å². The lowest BCUT2D eigenvalue weighted by Gasteiger charge is -2.50. The van der Waals surface area contributed by atoms with Gasteiger partial charge in [-0.1, -0.05) is 117 Å². The average molecular weight is 407 g/mol. The smallest absolute Gasteiger partial charge is 0.214 e. The first-order valence-electron chi connectivity index (χ1n) is 10.9. The fourth-order valence-electron chi connectivity index (χ4n) is 5.53. The molecule has 0 unspecified atom stereocenters. The van der Waals surface area contributed by atoms with E-state index in [9.17, 15) is 9.59 Å². The first-order chi connectivity index (χ1) is 14.9. The number of allylic oxidation sites excluding steroid dienone is 2. The Bertz CT molecular complexity index is 1160. The number of rotatable bonds is 3. The molecule has 0 heterocycles. The van der Waals surface area contributed by atoms with E-state index in [1.54, 1.807) is 0 Å². The van der Waals surface area contributed by atoms with E-state index in [0.29, 0.717) is 0 Å². The number of benzene rings is 3. The first-order valence-corrected chi connectivity index (χ1v) is 10.9. The van der Waals surface area contributed by atoms with Crippen molar-refractivity contribution in [3.63, 3.8) is 0 Å². The van der Waals surface area contributed by atoms with Gasteiger partial charge in [0, 0.05) is 5.92 Å². The van der Waals surface area contributed by atoms with Gasteiger partial charge in [-0.05, 0) is 27.7 Å². The molecule has 2 atom stereocenters. The predicted molar refractivity (Wildman–Crippen MR) is 123 cm³/mol. The molecular formula is C29H26O2. The number of carbonyl (C=O) groups excluding carboxylic acids is 2. The summed E-state index contributed by atoms with van der Waals surface area (Å²) < 4.78 is 0. The number of fused-ring (bicyclic) bond motifs is 1. The third-order valence-corrected chi connectivity index (χ3v) is 6.86. The van der Waals surface area contributed by atoms with E-state index in [1.807, 2.05) is 60.7 Å². The zero-order chi connectivity index (χ0) is 21.8. The minimum atomic E-state index is -1.05. The lowest BCUT2D eigenvalue weighted by molar-refractivity contribution is -0.141. The highest BCUT2D eigenvalue weighted by Crippen LogP contribution is 2.59. The zero-order valence-electron chi connectivity index (χ0n) is 18.1. The number of ketones is 2. The summed E-state index contributed by atoms with van der Waals surface area (Å²) in [5.74, 6) is -1.33. The Kier molecular flexibility index (Phi) is 4.37. The van der Waals surface area contributed by atoms with Crippen LogP contribution in [0.2, 0.25) is 0 Å². The molecule has 3 aromatic rings. The number of Topliss-reactive ketones (excluding diaryl/α,β-unsaturated/α-hetero) is 2. The minimum absolute atomic E-state index is 0.224. The van der Waals surface area contributed by atoms with Crippen LogP contribution in [-0.2, 0) is 15.0 Å². The van der Waals surface area contributed by atoms with Gasteiger partial charge in [0.2, 0.25) is 11.6 Å². The molecule has 0 fully saturated rings. The summed E-state index contributed by atoms with van der Waals surface area (Å²) in [6.07, 6.45) is 2.15. The van der Waals surface area contributed by atoms with Crippen molar-refractivity contribution in [2.75, 3.05) is 0 Å². The SMILES string of the molecule is CC(C)(C)C1=C[C@]2(C(c3ccccc3)c3ccccc3)C(=O)C(=O)[C@H]1c1ccccc12. The van der Waals surface area contributed by atoms with E-state index in [2.05, 4.69) is 51.1 Å². The van der Waals surface area contributed by atoms with E-state index >= 15 is 0 Å². The quantitative estimate of drug-likeness (QED) is 0.396. The summed E-state index contributed by atoms with van der Waals surface area (Å²) in [7, 11) is 0. The van der Waals surface area contributed by atoms with Crippen molar-refractivity contribution in [3.05, 3.63) is 119 Å². The molecule has 0 N–H and O–H groups in total. The maximum absolute atomic E-state index is 13.9. The van der Waals surface area contributed by atoms with Crippen molar-refractivity contribution in [1.82, 2.24) is 0 Å². The summed E-state index contributed by atoms with van der Waals surface area (Å²) in [6, 6.07) is 28.3. The van der Waals surface area contributed by atoms with E-state index in [4.69, 9.17) is 0 Å². The largest absolute Gasteiger partial charge is 0.290 e. The maximum atomic E-state index is 13.9. The monoisotopic (exact) mass is 406 g/mol. The average Bonchev–Trinajstić information content (AvgIpc) is 2.78. The van der Waals surface area contributed by atoms with Crippen LogP contribution >= 0.6 is 0 Å².